The highest BCUT2D eigenvalue weighted by Gasteiger charge is 2.20. The molecule has 0 saturated heterocycles. The molecule has 1 aliphatic carbocycles. The molecule has 0 spiro atoms. The zero-order chi connectivity index (χ0) is 13.0. The standard InChI is InChI=1S/C13H14ClN3O/c14-11-4-3-10(6-15)5-12(11)17-13(18)8-16-7-9-1-2-9/h3-5,9,16H,1-2,7-8H2,(H,17,18). The van der Waals surface area contributed by atoms with Crippen molar-refractivity contribution in [1.82, 2.24) is 5.32 Å². The van der Waals surface area contributed by atoms with Crippen LogP contribution in [0.3, 0.4) is 0 Å². The Labute approximate surface area is 111 Å². The Hall–Kier alpha value is -1.57. The first-order valence-electron chi connectivity index (χ1n) is 5.89. The molecule has 0 bridgehead atoms. The summed E-state index contributed by atoms with van der Waals surface area (Å²) in [7, 11) is 0. The minimum Gasteiger partial charge on any atom is -0.324 e. The molecule has 1 fully saturated rings. The van der Waals surface area contributed by atoms with Crippen LogP contribution in [0.25, 0.3) is 0 Å². The zero-order valence-corrected chi connectivity index (χ0v) is 10.6. The van der Waals surface area contributed by atoms with Crippen LogP contribution in [-0.2, 0) is 4.79 Å². The highest BCUT2D eigenvalue weighted by atomic mass is 35.5. The van der Waals surface area contributed by atoms with Crippen LogP contribution in [0.5, 0.6) is 0 Å². The van der Waals surface area contributed by atoms with Crippen molar-refractivity contribution in [3.8, 4) is 6.07 Å². The van der Waals surface area contributed by atoms with Crippen molar-refractivity contribution >= 4 is 23.2 Å². The van der Waals surface area contributed by atoms with Crippen molar-refractivity contribution < 1.29 is 4.79 Å². The van der Waals surface area contributed by atoms with Gasteiger partial charge in [0.25, 0.3) is 0 Å². The number of amides is 1. The van der Waals surface area contributed by atoms with Crippen LogP contribution < -0.4 is 10.6 Å². The number of hydrogen-bond donors (Lipinski definition) is 2. The SMILES string of the molecule is N#Cc1ccc(Cl)c(NC(=O)CNCC2CC2)c1. The van der Waals surface area contributed by atoms with Crippen molar-refractivity contribution in [2.24, 2.45) is 5.92 Å². The van der Waals surface area contributed by atoms with Gasteiger partial charge in [-0.3, -0.25) is 4.79 Å². The Morgan fingerprint density at radius 3 is 2.94 bits per heavy atom. The molecule has 1 amide bonds. The summed E-state index contributed by atoms with van der Waals surface area (Å²) < 4.78 is 0. The van der Waals surface area contributed by atoms with Crippen LogP contribution in [0, 0.1) is 17.2 Å². The number of nitrogens with zero attached hydrogens (tertiary/aromatic N) is 1. The smallest absolute Gasteiger partial charge is 0.238 e. The summed E-state index contributed by atoms with van der Waals surface area (Å²) in [5, 5.41) is 15.0. The van der Waals surface area contributed by atoms with E-state index in [1.54, 1.807) is 18.2 Å². The van der Waals surface area contributed by atoms with E-state index in [1.807, 2.05) is 6.07 Å². The molecule has 1 aliphatic rings. The van der Waals surface area contributed by atoms with E-state index in [2.05, 4.69) is 10.6 Å². The molecule has 2 rings (SSSR count). The van der Waals surface area contributed by atoms with Gasteiger partial charge in [-0.2, -0.15) is 5.26 Å². The van der Waals surface area contributed by atoms with Gasteiger partial charge in [0.1, 0.15) is 0 Å². The summed E-state index contributed by atoms with van der Waals surface area (Å²) in [6.45, 7) is 1.16. The number of nitriles is 1. The van der Waals surface area contributed by atoms with Gasteiger partial charge in [-0.05, 0) is 43.5 Å². The molecule has 4 nitrogen and oxygen atoms in total. The summed E-state index contributed by atoms with van der Waals surface area (Å²) >= 11 is 5.95. The predicted octanol–water partition coefficient (Wildman–Crippen LogP) is 2.15. The first-order valence-corrected chi connectivity index (χ1v) is 6.27. The van der Waals surface area contributed by atoms with E-state index in [4.69, 9.17) is 16.9 Å². The second-order valence-electron chi connectivity index (χ2n) is 4.43. The quantitative estimate of drug-likeness (QED) is 0.856. The minimum absolute atomic E-state index is 0.146. The van der Waals surface area contributed by atoms with Crippen molar-refractivity contribution in [2.75, 3.05) is 18.4 Å². The fraction of sp³-hybridized carbons (Fsp3) is 0.385. The van der Waals surface area contributed by atoms with Crippen LogP contribution in [0.4, 0.5) is 5.69 Å². The molecule has 0 heterocycles. The van der Waals surface area contributed by atoms with Crippen LogP contribution in [0.15, 0.2) is 18.2 Å². The van der Waals surface area contributed by atoms with Crippen molar-refractivity contribution in [3.05, 3.63) is 28.8 Å². The summed E-state index contributed by atoms with van der Waals surface area (Å²) in [6.07, 6.45) is 2.51. The van der Waals surface area contributed by atoms with E-state index in [1.165, 1.54) is 12.8 Å². The fourth-order valence-electron chi connectivity index (χ4n) is 1.60. The van der Waals surface area contributed by atoms with Crippen molar-refractivity contribution in [3.63, 3.8) is 0 Å². The Morgan fingerprint density at radius 1 is 1.50 bits per heavy atom. The molecule has 0 radical (unpaired) electrons. The number of rotatable bonds is 5. The maximum atomic E-state index is 11.7. The molecule has 0 aliphatic heterocycles. The molecule has 2 N–H and O–H groups in total. The van der Waals surface area contributed by atoms with E-state index in [0.29, 0.717) is 16.3 Å². The van der Waals surface area contributed by atoms with E-state index in [-0.39, 0.29) is 12.5 Å². The Kier molecular flexibility index (Phi) is 4.19. The van der Waals surface area contributed by atoms with Gasteiger partial charge < -0.3 is 10.6 Å². The van der Waals surface area contributed by atoms with Crippen LogP contribution >= 0.6 is 11.6 Å². The molecular weight excluding hydrogens is 250 g/mol. The maximum absolute atomic E-state index is 11.7. The van der Waals surface area contributed by atoms with Gasteiger partial charge in [0.2, 0.25) is 5.91 Å². The van der Waals surface area contributed by atoms with E-state index < -0.39 is 0 Å². The molecule has 18 heavy (non-hydrogen) atoms. The number of carbonyl (C=O) groups is 1. The Bertz CT molecular complexity index is 491. The number of nitrogens with one attached hydrogen (secondary N) is 2. The third-order valence-electron chi connectivity index (χ3n) is 2.79. The topological polar surface area (TPSA) is 64.9 Å². The van der Waals surface area contributed by atoms with Gasteiger partial charge in [0.15, 0.2) is 0 Å². The number of hydrogen-bond acceptors (Lipinski definition) is 3. The number of carbonyl (C=O) groups excluding carboxylic acids is 1. The van der Waals surface area contributed by atoms with Gasteiger partial charge in [-0.15, -0.1) is 0 Å². The summed E-state index contributed by atoms with van der Waals surface area (Å²) in [6, 6.07) is 6.80. The number of benzene rings is 1. The molecule has 0 unspecified atom stereocenters. The van der Waals surface area contributed by atoms with Crippen LogP contribution in [0.2, 0.25) is 5.02 Å². The monoisotopic (exact) mass is 263 g/mol. The van der Waals surface area contributed by atoms with E-state index in [9.17, 15) is 4.79 Å². The third-order valence-corrected chi connectivity index (χ3v) is 3.11. The Morgan fingerprint density at radius 2 is 2.28 bits per heavy atom. The van der Waals surface area contributed by atoms with Gasteiger partial charge in [-0.1, -0.05) is 11.6 Å². The first kappa shape index (κ1) is 12.9. The number of halogens is 1. The molecular formula is C13H14ClN3O. The van der Waals surface area contributed by atoms with Gasteiger partial charge in [-0.25, -0.2) is 0 Å². The van der Waals surface area contributed by atoms with Crippen molar-refractivity contribution in [1.29, 1.82) is 5.26 Å². The molecule has 1 saturated carbocycles. The Balaban J connectivity index is 1.87. The molecule has 5 heteroatoms. The normalized spacial score (nSPS) is 14.0. The highest BCUT2D eigenvalue weighted by Crippen LogP contribution is 2.27. The zero-order valence-electron chi connectivity index (χ0n) is 9.87. The maximum Gasteiger partial charge on any atom is 0.238 e. The lowest BCUT2D eigenvalue weighted by Crippen LogP contribution is -2.29. The third kappa shape index (κ3) is 3.73. The molecule has 94 valence electrons. The summed E-state index contributed by atoms with van der Waals surface area (Å²) in [5.41, 5.74) is 0.953. The molecule has 1 aromatic carbocycles. The lowest BCUT2D eigenvalue weighted by molar-refractivity contribution is -0.115. The van der Waals surface area contributed by atoms with E-state index >= 15 is 0 Å². The fourth-order valence-corrected chi connectivity index (χ4v) is 1.76. The molecule has 0 atom stereocenters. The first-order chi connectivity index (χ1) is 8.69. The second kappa shape index (κ2) is 5.85. The van der Waals surface area contributed by atoms with Gasteiger partial charge in [0.05, 0.1) is 28.9 Å². The second-order valence-corrected chi connectivity index (χ2v) is 4.84. The van der Waals surface area contributed by atoms with E-state index in [0.717, 1.165) is 12.5 Å². The van der Waals surface area contributed by atoms with Gasteiger partial charge in [0, 0.05) is 0 Å². The summed E-state index contributed by atoms with van der Waals surface area (Å²) in [4.78, 5) is 11.7. The van der Waals surface area contributed by atoms with Crippen molar-refractivity contribution in [2.45, 2.75) is 12.8 Å². The van der Waals surface area contributed by atoms with Gasteiger partial charge >= 0.3 is 0 Å². The lowest BCUT2D eigenvalue weighted by Gasteiger charge is -2.08. The van der Waals surface area contributed by atoms with Crippen LogP contribution in [-0.4, -0.2) is 19.0 Å². The average molecular weight is 264 g/mol. The largest absolute Gasteiger partial charge is 0.324 e. The average Bonchev–Trinajstić information content (AvgIpc) is 3.16. The minimum atomic E-state index is -0.146. The lowest BCUT2D eigenvalue weighted by atomic mass is 10.2. The van der Waals surface area contributed by atoms with Crippen LogP contribution in [0.1, 0.15) is 18.4 Å². The highest BCUT2D eigenvalue weighted by molar-refractivity contribution is 6.33. The number of anilines is 1. The summed E-state index contributed by atoms with van der Waals surface area (Å²) in [5.74, 6) is 0.593. The molecule has 1 aromatic rings. The predicted molar refractivity (Wildman–Crippen MR) is 70.4 cm³/mol. The molecule has 0 aromatic heterocycles.